The molecule has 11 nitrogen and oxygen atoms in total. The SMILES string of the molecule is CC(C)C.COC(=O)NCC(=O)N1CC2CCCCC2[C@H]1C(=O)N1CC(C(=O)NCc2ccccc2O)CC1C#N. The molecule has 11 heteroatoms. The van der Waals surface area contributed by atoms with Crippen LogP contribution in [0.5, 0.6) is 5.75 Å². The number of hydrogen-bond acceptors (Lipinski definition) is 7. The molecule has 2 heterocycles. The zero-order chi connectivity index (χ0) is 30.1. The van der Waals surface area contributed by atoms with Gasteiger partial charge in [0.1, 0.15) is 24.4 Å². The molecule has 4 rings (SSSR count). The summed E-state index contributed by atoms with van der Waals surface area (Å²) < 4.78 is 4.55. The van der Waals surface area contributed by atoms with Crippen LogP contribution >= 0.6 is 0 Å². The number of phenols is 1. The van der Waals surface area contributed by atoms with E-state index in [1.807, 2.05) is 0 Å². The van der Waals surface area contributed by atoms with Crippen LogP contribution in [0.2, 0.25) is 0 Å². The van der Waals surface area contributed by atoms with E-state index >= 15 is 0 Å². The second kappa shape index (κ2) is 14.7. The van der Waals surface area contributed by atoms with Gasteiger partial charge in [-0.3, -0.25) is 14.4 Å². The van der Waals surface area contributed by atoms with Crippen molar-refractivity contribution in [2.75, 3.05) is 26.7 Å². The number of methoxy groups -OCH3 is 1. The number of amides is 4. The number of fused-ring (bicyclic) bond motifs is 1. The number of likely N-dealkylation sites (tertiary alicyclic amines) is 2. The number of nitriles is 1. The molecule has 0 bridgehead atoms. The van der Waals surface area contributed by atoms with E-state index in [4.69, 9.17) is 0 Å². The molecule has 3 N–H and O–H groups in total. The lowest BCUT2D eigenvalue weighted by Gasteiger charge is -2.33. The lowest BCUT2D eigenvalue weighted by molar-refractivity contribution is -0.145. The first-order valence-electron chi connectivity index (χ1n) is 14.4. The summed E-state index contributed by atoms with van der Waals surface area (Å²) in [6.07, 6.45) is 3.20. The van der Waals surface area contributed by atoms with E-state index in [0.29, 0.717) is 12.1 Å². The minimum atomic E-state index is -0.777. The van der Waals surface area contributed by atoms with Gasteiger partial charge in [0.2, 0.25) is 17.7 Å². The van der Waals surface area contributed by atoms with Crippen LogP contribution in [0.15, 0.2) is 24.3 Å². The Hall–Kier alpha value is -3.81. The molecule has 3 fully saturated rings. The third-order valence-electron chi connectivity index (χ3n) is 7.83. The van der Waals surface area contributed by atoms with E-state index in [1.54, 1.807) is 23.1 Å². The van der Waals surface area contributed by atoms with Gasteiger partial charge in [0.15, 0.2) is 0 Å². The topological polar surface area (TPSA) is 152 Å². The van der Waals surface area contributed by atoms with Crippen molar-refractivity contribution >= 4 is 23.8 Å². The second-order valence-corrected chi connectivity index (χ2v) is 11.7. The van der Waals surface area contributed by atoms with E-state index in [9.17, 15) is 29.5 Å². The molecule has 41 heavy (non-hydrogen) atoms. The zero-order valence-corrected chi connectivity index (χ0v) is 24.5. The summed E-state index contributed by atoms with van der Waals surface area (Å²) in [7, 11) is 1.21. The molecule has 4 amide bonds. The number of benzene rings is 1. The number of hydrogen-bond donors (Lipinski definition) is 3. The number of ether oxygens (including phenoxy) is 1. The Morgan fingerprint density at radius 2 is 1.76 bits per heavy atom. The molecule has 2 saturated heterocycles. The Morgan fingerprint density at radius 3 is 2.41 bits per heavy atom. The van der Waals surface area contributed by atoms with Crippen molar-refractivity contribution in [3.8, 4) is 11.8 Å². The second-order valence-electron chi connectivity index (χ2n) is 11.7. The molecule has 0 radical (unpaired) electrons. The average Bonchev–Trinajstić information content (AvgIpc) is 3.57. The van der Waals surface area contributed by atoms with Crippen LogP contribution in [0.1, 0.15) is 58.4 Å². The van der Waals surface area contributed by atoms with E-state index in [2.05, 4.69) is 42.2 Å². The minimum Gasteiger partial charge on any atom is -0.508 e. The highest BCUT2D eigenvalue weighted by Gasteiger charge is 2.51. The van der Waals surface area contributed by atoms with E-state index in [1.165, 1.54) is 18.1 Å². The van der Waals surface area contributed by atoms with Gasteiger partial charge in [-0.2, -0.15) is 5.26 Å². The number of rotatable bonds is 6. The first-order chi connectivity index (χ1) is 19.6. The molecule has 0 aromatic heterocycles. The van der Waals surface area contributed by atoms with Crippen molar-refractivity contribution in [3.63, 3.8) is 0 Å². The van der Waals surface area contributed by atoms with Gasteiger partial charge in [0, 0.05) is 25.2 Å². The summed E-state index contributed by atoms with van der Waals surface area (Å²) in [5, 5.41) is 24.9. The third kappa shape index (κ3) is 8.12. The molecular formula is C30H43N5O6. The van der Waals surface area contributed by atoms with Crippen molar-refractivity contribution in [3.05, 3.63) is 29.8 Å². The first-order valence-corrected chi connectivity index (χ1v) is 14.4. The number of carbonyl (C=O) groups excluding carboxylic acids is 4. The van der Waals surface area contributed by atoms with Crippen molar-refractivity contribution < 1.29 is 29.0 Å². The van der Waals surface area contributed by atoms with Crippen molar-refractivity contribution in [1.29, 1.82) is 5.26 Å². The summed E-state index contributed by atoms with van der Waals surface area (Å²) in [6.45, 7) is 6.86. The number of nitrogens with zero attached hydrogens (tertiary/aromatic N) is 3. The van der Waals surface area contributed by atoms with Crippen LogP contribution in [0.4, 0.5) is 4.79 Å². The van der Waals surface area contributed by atoms with Gasteiger partial charge in [-0.1, -0.05) is 51.8 Å². The molecule has 224 valence electrons. The number of carbonyl (C=O) groups is 4. The van der Waals surface area contributed by atoms with Crippen LogP contribution < -0.4 is 10.6 Å². The zero-order valence-electron chi connectivity index (χ0n) is 24.5. The smallest absolute Gasteiger partial charge is 0.407 e. The number of alkyl carbamates (subject to hydrolysis) is 1. The summed E-state index contributed by atoms with van der Waals surface area (Å²) in [4.78, 5) is 54.3. The van der Waals surface area contributed by atoms with Crippen LogP contribution in [-0.4, -0.2) is 77.5 Å². The molecule has 1 saturated carbocycles. The summed E-state index contributed by atoms with van der Waals surface area (Å²) in [5.74, 6) is -0.479. The lowest BCUT2D eigenvalue weighted by Crippen LogP contribution is -2.53. The quantitative estimate of drug-likeness (QED) is 0.476. The fourth-order valence-electron chi connectivity index (χ4n) is 5.92. The minimum absolute atomic E-state index is 0.0170. The van der Waals surface area contributed by atoms with E-state index in [0.717, 1.165) is 31.6 Å². The van der Waals surface area contributed by atoms with Gasteiger partial charge in [-0.05, 0) is 43.1 Å². The molecule has 1 aromatic carbocycles. The molecule has 3 aliphatic rings. The van der Waals surface area contributed by atoms with E-state index < -0.39 is 24.1 Å². The van der Waals surface area contributed by atoms with Crippen LogP contribution in [0.3, 0.4) is 0 Å². The fraction of sp³-hybridized carbons (Fsp3) is 0.633. The van der Waals surface area contributed by atoms with Gasteiger partial charge in [-0.25, -0.2) is 4.79 Å². The standard InChI is InChI=1S/C26H33N5O6.C4H10/c1-37-26(36)29-13-22(33)31-14-17-7-2-4-8-20(17)23(31)25(35)30-15-18(10-19(30)11-27)24(34)28-12-16-6-3-5-9-21(16)32;1-4(2)3/h3,5-6,9,17-20,23,32H,2,4,7-8,10,12-15H2,1H3,(H,28,34)(H,29,36);4H,1-3H3/t17?,18?,19?,20?,23-;/m0./s1. The van der Waals surface area contributed by atoms with Gasteiger partial charge >= 0.3 is 6.09 Å². The lowest BCUT2D eigenvalue weighted by atomic mass is 9.78. The molecule has 4 unspecified atom stereocenters. The highest BCUT2D eigenvalue weighted by molar-refractivity contribution is 5.91. The number of nitrogens with one attached hydrogen (secondary N) is 2. The monoisotopic (exact) mass is 569 g/mol. The average molecular weight is 570 g/mol. The Morgan fingerprint density at radius 1 is 1.07 bits per heavy atom. The molecule has 0 spiro atoms. The third-order valence-corrected chi connectivity index (χ3v) is 7.83. The maximum Gasteiger partial charge on any atom is 0.407 e. The maximum atomic E-state index is 13.9. The number of phenolic OH excluding ortho intramolecular Hbond substituents is 1. The fourth-order valence-corrected chi connectivity index (χ4v) is 5.92. The van der Waals surface area contributed by atoms with Crippen LogP contribution in [0, 0.1) is 35.0 Å². The predicted octanol–water partition coefficient (Wildman–Crippen LogP) is 2.78. The normalized spacial score (nSPS) is 24.9. The summed E-state index contributed by atoms with van der Waals surface area (Å²) >= 11 is 0. The van der Waals surface area contributed by atoms with Crippen LogP contribution in [0.25, 0.3) is 0 Å². The Balaban J connectivity index is 0.00000108. The van der Waals surface area contributed by atoms with E-state index in [-0.39, 0.29) is 61.4 Å². The van der Waals surface area contributed by atoms with Crippen molar-refractivity contribution in [1.82, 2.24) is 20.4 Å². The van der Waals surface area contributed by atoms with Gasteiger partial charge in [0.25, 0.3) is 0 Å². The van der Waals surface area contributed by atoms with Gasteiger partial charge in [0.05, 0.1) is 19.1 Å². The Labute approximate surface area is 242 Å². The largest absolute Gasteiger partial charge is 0.508 e. The predicted molar refractivity (Wildman–Crippen MR) is 151 cm³/mol. The van der Waals surface area contributed by atoms with Gasteiger partial charge in [-0.15, -0.1) is 0 Å². The van der Waals surface area contributed by atoms with Crippen molar-refractivity contribution in [2.24, 2.45) is 23.7 Å². The molecule has 5 atom stereocenters. The summed E-state index contributed by atoms with van der Waals surface area (Å²) in [6, 6.07) is 7.36. The highest BCUT2D eigenvalue weighted by atomic mass is 16.5. The number of aromatic hydroxyl groups is 1. The first kappa shape index (κ1) is 31.7. The van der Waals surface area contributed by atoms with Crippen molar-refractivity contribution in [2.45, 2.75) is 71.5 Å². The Bertz CT molecular complexity index is 1130. The summed E-state index contributed by atoms with van der Waals surface area (Å²) in [5.41, 5.74) is 0.572. The molecular weight excluding hydrogens is 526 g/mol. The highest BCUT2D eigenvalue weighted by Crippen LogP contribution is 2.42. The number of para-hydroxylation sites is 1. The molecule has 1 aliphatic carbocycles. The van der Waals surface area contributed by atoms with Crippen LogP contribution in [-0.2, 0) is 25.7 Å². The molecule has 1 aromatic rings. The molecule has 2 aliphatic heterocycles. The Kier molecular flexibility index (Phi) is 11.4. The van der Waals surface area contributed by atoms with Gasteiger partial charge < -0.3 is 30.3 Å². The maximum absolute atomic E-state index is 13.9.